The molecule has 2 rings (SSSR count). The molecule has 0 saturated carbocycles. The van der Waals surface area contributed by atoms with Gasteiger partial charge in [-0.05, 0) is 13.3 Å². The predicted molar refractivity (Wildman–Crippen MR) is 84.9 cm³/mol. The predicted octanol–water partition coefficient (Wildman–Crippen LogP) is 2.03. The zero-order valence-corrected chi connectivity index (χ0v) is 14.0. The van der Waals surface area contributed by atoms with Gasteiger partial charge in [-0.1, -0.05) is 32.1 Å². The summed E-state index contributed by atoms with van der Waals surface area (Å²) in [4.78, 5) is 15.8. The van der Waals surface area contributed by atoms with Crippen molar-refractivity contribution in [3.63, 3.8) is 0 Å². The molecule has 0 aromatic carbocycles. The number of rotatable bonds is 6. The Balaban J connectivity index is 1.87. The maximum atomic E-state index is 12.0. The van der Waals surface area contributed by atoms with Gasteiger partial charge in [0.05, 0.1) is 6.54 Å². The van der Waals surface area contributed by atoms with E-state index in [9.17, 15) is 4.79 Å². The first-order valence-electron chi connectivity index (χ1n) is 7.14. The second-order valence-corrected chi connectivity index (χ2v) is 6.74. The van der Waals surface area contributed by atoms with Gasteiger partial charge in [-0.25, -0.2) is 9.78 Å². The summed E-state index contributed by atoms with van der Waals surface area (Å²) in [6.07, 6.45) is 4.04. The molecule has 1 atom stereocenters. The molecule has 0 aliphatic heterocycles. The SMILES string of the molecule is CCC(C)(C)c1nnc(NC(=O)NC(C)Cn2cncn2)s1. The Morgan fingerprint density at radius 1 is 1.45 bits per heavy atom. The molecule has 9 heteroatoms. The van der Waals surface area contributed by atoms with Crippen LogP contribution in [0.2, 0.25) is 0 Å². The number of nitrogens with zero attached hydrogens (tertiary/aromatic N) is 5. The van der Waals surface area contributed by atoms with Crippen LogP contribution in [0, 0.1) is 0 Å². The molecular weight excluding hydrogens is 302 g/mol. The monoisotopic (exact) mass is 323 g/mol. The molecule has 0 saturated heterocycles. The van der Waals surface area contributed by atoms with Gasteiger partial charge in [-0.2, -0.15) is 5.10 Å². The average Bonchev–Trinajstić information content (AvgIpc) is 3.10. The van der Waals surface area contributed by atoms with E-state index in [0.717, 1.165) is 11.4 Å². The molecule has 2 aromatic rings. The van der Waals surface area contributed by atoms with E-state index in [2.05, 4.69) is 51.7 Å². The maximum absolute atomic E-state index is 12.0. The van der Waals surface area contributed by atoms with Crippen molar-refractivity contribution in [2.75, 3.05) is 5.32 Å². The van der Waals surface area contributed by atoms with Crippen LogP contribution in [-0.4, -0.2) is 37.0 Å². The number of amides is 2. The highest BCUT2D eigenvalue weighted by Gasteiger charge is 2.23. The first-order valence-corrected chi connectivity index (χ1v) is 7.96. The highest BCUT2D eigenvalue weighted by molar-refractivity contribution is 7.15. The van der Waals surface area contributed by atoms with Gasteiger partial charge in [0.2, 0.25) is 5.13 Å². The highest BCUT2D eigenvalue weighted by Crippen LogP contribution is 2.30. The number of nitrogens with one attached hydrogen (secondary N) is 2. The third kappa shape index (κ3) is 4.23. The lowest BCUT2D eigenvalue weighted by atomic mass is 9.91. The molecule has 0 spiro atoms. The summed E-state index contributed by atoms with van der Waals surface area (Å²) in [5, 5.41) is 19.1. The van der Waals surface area contributed by atoms with E-state index in [1.54, 1.807) is 11.0 Å². The normalized spacial score (nSPS) is 12.9. The first kappa shape index (κ1) is 16.3. The molecule has 0 fully saturated rings. The third-order valence-electron chi connectivity index (χ3n) is 3.41. The smallest absolute Gasteiger partial charge is 0.321 e. The van der Waals surface area contributed by atoms with Crippen LogP contribution in [0.25, 0.3) is 0 Å². The summed E-state index contributed by atoms with van der Waals surface area (Å²) in [5.41, 5.74) is -0.0333. The van der Waals surface area contributed by atoms with Crippen LogP contribution >= 0.6 is 11.3 Å². The lowest BCUT2D eigenvalue weighted by molar-refractivity contribution is 0.247. The number of carbonyl (C=O) groups excluding carboxylic acids is 1. The summed E-state index contributed by atoms with van der Waals surface area (Å²) < 4.78 is 1.66. The standard InChI is InChI=1S/C13H21N7OS/c1-5-13(3,4)10-18-19-12(22-10)17-11(21)16-9(2)6-20-8-14-7-15-20/h7-9H,5-6H2,1-4H3,(H2,16,17,19,21). The van der Waals surface area contributed by atoms with Crippen molar-refractivity contribution in [1.29, 1.82) is 0 Å². The van der Waals surface area contributed by atoms with Gasteiger partial charge in [0, 0.05) is 11.5 Å². The van der Waals surface area contributed by atoms with Crippen LogP contribution in [0.4, 0.5) is 9.93 Å². The Morgan fingerprint density at radius 2 is 2.23 bits per heavy atom. The number of anilines is 1. The van der Waals surface area contributed by atoms with E-state index in [1.165, 1.54) is 17.7 Å². The molecule has 2 amide bonds. The van der Waals surface area contributed by atoms with Crippen molar-refractivity contribution in [3.8, 4) is 0 Å². The van der Waals surface area contributed by atoms with Crippen LogP contribution in [0.3, 0.4) is 0 Å². The van der Waals surface area contributed by atoms with Gasteiger partial charge >= 0.3 is 6.03 Å². The Morgan fingerprint density at radius 3 is 2.86 bits per heavy atom. The Hall–Kier alpha value is -2.03. The fourth-order valence-corrected chi connectivity index (χ4v) is 2.62. The summed E-state index contributed by atoms with van der Waals surface area (Å²) in [5.74, 6) is 0. The number of hydrogen-bond acceptors (Lipinski definition) is 6. The molecule has 22 heavy (non-hydrogen) atoms. The number of hydrogen-bond donors (Lipinski definition) is 2. The van der Waals surface area contributed by atoms with E-state index in [1.807, 2.05) is 6.92 Å². The van der Waals surface area contributed by atoms with Crippen LogP contribution in [0.1, 0.15) is 39.1 Å². The van der Waals surface area contributed by atoms with E-state index < -0.39 is 0 Å². The Labute approximate surface area is 133 Å². The fraction of sp³-hybridized carbons (Fsp3) is 0.615. The Kier molecular flexibility index (Phi) is 5.07. The lowest BCUT2D eigenvalue weighted by Gasteiger charge is -2.17. The van der Waals surface area contributed by atoms with E-state index in [4.69, 9.17) is 0 Å². The molecule has 0 aliphatic carbocycles. The average molecular weight is 323 g/mol. The molecule has 8 nitrogen and oxygen atoms in total. The topological polar surface area (TPSA) is 97.6 Å². The molecular formula is C13H21N7OS. The molecule has 1 unspecified atom stereocenters. The molecule has 2 aromatic heterocycles. The van der Waals surface area contributed by atoms with Gasteiger partial charge in [-0.3, -0.25) is 10.00 Å². The van der Waals surface area contributed by atoms with Crippen LogP contribution in [0.15, 0.2) is 12.7 Å². The third-order valence-corrected chi connectivity index (χ3v) is 4.62. The molecule has 0 radical (unpaired) electrons. The van der Waals surface area contributed by atoms with E-state index in [0.29, 0.717) is 11.7 Å². The summed E-state index contributed by atoms with van der Waals surface area (Å²) in [6.45, 7) is 8.77. The van der Waals surface area contributed by atoms with Crippen molar-refractivity contribution < 1.29 is 4.79 Å². The minimum atomic E-state index is -0.301. The lowest BCUT2D eigenvalue weighted by Crippen LogP contribution is -2.38. The summed E-state index contributed by atoms with van der Waals surface area (Å²) >= 11 is 1.40. The second kappa shape index (κ2) is 6.82. The summed E-state index contributed by atoms with van der Waals surface area (Å²) in [6, 6.07) is -0.384. The molecule has 2 N–H and O–H groups in total. The van der Waals surface area contributed by atoms with Gasteiger partial charge < -0.3 is 5.32 Å². The van der Waals surface area contributed by atoms with Crippen molar-refractivity contribution in [2.24, 2.45) is 0 Å². The number of urea groups is 1. The van der Waals surface area contributed by atoms with Crippen molar-refractivity contribution in [3.05, 3.63) is 17.7 Å². The van der Waals surface area contributed by atoms with Crippen LogP contribution in [0.5, 0.6) is 0 Å². The van der Waals surface area contributed by atoms with Crippen molar-refractivity contribution >= 4 is 22.5 Å². The van der Waals surface area contributed by atoms with Gasteiger partial charge in [0.1, 0.15) is 17.7 Å². The van der Waals surface area contributed by atoms with Crippen molar-refractivity contribution in [2.45, 2.75) is 52.1 Å². The minimum absolute atomic E-state index is 0.0333. The highest BCUT2D eigenvalue weighted by atomic mass is 32.1. The molecule has 2 heterocycles. The van der Waals surface area contributed by atoms with Crippen LogP contribution < -0.4 is 10.6 Å². The quantitative estimate of drug-likeness (QED) is 0.847. The molecule has 120 valence electrons. The largest absolute Gasteiger partial charge is 0.333 e. The van der Waals surface area contributed by atoms with Gasteiger partial charge in [0.25, 0.3) is 0 Å². The van der Waals surface area contributed by atoms with E-state index in [-0.39, 0.29) is 17.5 Å². The van der Waals surface area contributed by atoms with Gasteiger partial charge in [-0.15, -0.1) is 10.2 Å². The second-order valence-electron chi connectivity index (χ2n) is 5.77. The van der Waals surface area contributed by atoms with Gasteiger partial charge in [0.15, 0.2) is 0 Å². The number of carbonyl (C=O) groups is 1. The Bertz CT molecular complexity index is 608. The zero-order valence-electron chi connectivity index (χ0n) is 13.2. The maximum Gasteiger partial charge on any atom is 0.321 e. The minimum Gasteiger partial charge on any atom is -0.333 e. The summed E-state index contributed by atoms with van der Waals surface area (Å²) in [7, 11) is 0. The van der Waals surface area contributed by atoms with Crippen molar-refractivity contribution in [1.82, 2.24) is 30.3 Å². The molecule has 0 bridgehead atoms. The van der Waals surface area contributed by atoms with Crippen LogP contribution in [-0.2, 0) is 12.0 Å². The fourth-order valence-electron chi connectivity index (χ4n) is 1.71. The first-order chi connectivity index (χ1) is 10.4. The van der Waals surface area contributed by atoms with E-state index >= 15 is 0 Å². The molecule has 0 aliphatic rings. The number of aromatic nitrogens is 5. The zero-order chi connectivity index (χ0) is 16.2.